The van der Waals surface area contributed by atoms with Gasteiger partial charge in [0.15, 0.2) is 0 Å². The summed E-state index contributed by atoms with van der Waals surface area (Å²) < 4.78 is 0. The number of H-pyrrole nitrogens is 1. The molecule has 3 rings (SSSR count). The summed E-state index contributed by atoms with van der Waals surface area (Å²) in [5, 5.41) is 10.8. The van der Waals surface area contributed by atoms with Crippen LogP contribution in [0.15, 0.2) is 30.5 Å². The molecule has 1 heterocycles. The van der Waals surface area contributed by atoms with Gasteiger partial charge in [-0.3, -0.25) is 0 Å². The molecule has 0 atom stereocenters. The van der Waals surface area contributed by atoms with E-state index in [0.717, 1.165) is 31.2 Å². The number of benzene rings is 1. The van der Waals surface area contributed by atoms with E-state index in [2.05, 4.69) is 29.2 Å². The van der Waals surface area contributed by atoms with Crippen molar-refractivity contribution in [2.75, 3.05) is 0 Å². The van der Waals surface area contributed by atoms with Gasteiger partial charge in [0, 0.05) is 17.3 Å². The Morgan fingerprint density at radius 2 is 2.00 bits per heavy atom. The highest BCUT2D eigenvalue weighted by Gasteiger charge is 2.32. The first-order valence-corrected chi connectivity index (χ1v) is 6.22. The van der Waals surface area contributed by atoms with Gasteiger partial charge in [-0.2, -0.15) is 0 Å². The Hall–Kier alpha value is -1.32. The molecule has 0 amide bonds. The van der Waals surface area contributed by atoms with Gasteiger partial charge < -0.3 is 15.8 Å². The number of nitrogens with one attached hydrogen (secondary N) is 1. The number of aromatic amines is 1. The monoisotopic (exact) mass is 230 g/mol. The van der Waals surface area contributed by atoms with E-state index in [0.29, 0.717) is 0 Å². The van der Waals surface area contributed by atoms with E-state index in [9.17, 15) is 5.11 Å². The lowest BCUT2D eigenvalue weighted by Crippen LogP contribution is -2.41. The van der Waals surface area contributed by atoms with Crippen LogP contribution in [0.5, 0.6) is 0 Å². The Labute approximate surface area is 101 Å². The molecular weight excluding hydrogens is 212 g/mol. The van der Waals surface area contributed by atoms with E-state index >= 15 is 0 Å². The fourth-order valence-corrected chi connectivity index (χ4v) is 2.77. The molecule has 4 N–H and O–H groups in total. The van der Waals surface area contributed by atoms with Crippen LogP contribution in [-0.4, -0.2) is 16.2 Å². The Balaban J connectivity index is 1.96. The molecule has 0 bridgehead atoms. The van der Waals surface area contributed by atoms with Gasteiger partial charge in [-0.25, -0.2) is 0 Å². The van der Waals surface area contributed by atoms with Crippen molar-refractivity contribution >= 4 is 10.9 Å². The average molecular weight is 230 g/mol. The van der Waals surface area contributed by atoms with E-state index in [-0.39, 0.29) is 11.6 Å². The van der Waals surface area contributed by atoms with Gasteiger partial charge in [0.05, 0.1) is 6.10 Å². The summed E-state index contributed by atoms with van der Waals surface area (Å²) in [6.07, 6.45) is 5.13. The number of aliphatic hydroxyl groups is 1. The van der Waals surface area contributed by atoms with Crippen LogP contribution in [0.25, 0.3) is 10.9 Å². The molecule has 1 aliphatic rings. The van der Waals surface area contributed by atoms with Crippen LogP contribution >= 0.6 is 0 Å². The zero-order valence-electron chi connectivity index (χ0n) is 9.82. The number of nitrogens with two attached hydrogens (primary N) is 1. The number of hydrogen-bond acceptors (Lipinski definition) is 2. The molecule has 1 fully saturated rings. The molecule has 1 aromatic carbocycles. The van der Waals surface area contributed by atoms with Crippen molar-refractivity contribution in [2.45, 2.75) is 37.3 Å². The molecule has 90 valence electrons. The lowest BCUT2D eigenvalue weighted by atomic mass is 9.76. The Morgan fingerprint density at radius 3 is 2.76 bits per heavy atom. The van der Waals surface area contributed by atoms with Gasteiger partial charge in [-0.1, -0.05) is 6.07 Å². The standard InChI is InChI=1S/C14H18N2O/c15-14(6-3-12(17)4-7-14)11-1-2-13-10(9-11)5-8-16-13/h1-2,5,8-9,12,16-17H,3-4,6-7,15H2. The summed E-state index contributed by atoms with van der Waals surface area (Å²) in [4.78, 5) is 3.19. The summed E-state index contributed by atoms with van der Waals surface area (Å²) >= 11 is 0. The third-order valence-electron chi connectivity index (χ3n) is 3.98. The predicted octanol–water partition coefficient (Wildman–Crippen LogP) is 2.26. The molecule has 1 aliphatic carbocycles. The Kier molecular flexibility index (Phi) is 2.45. The molecule has 2 aromatic rings. The topological polar surface area (TPSA) is 62.0 Å². The molecule has 0 saturated heterocycles. The van der Waals surface area contributed by atoms with Crippen molar-refractivity contribution in [1.29, 1.82) is 0 Å². The van der Waals surface area contributed by atoms with Crippen LogP contribution in [0.1, 0.15) is 31.2 Å². The summed E-state index contributed by atoms with van der Waals surface area (Å²) in [6.45, 7) is 0. The molecular formula is C14H18N2O. The van der Waals surface area contributed by atoms with Crippen molar-refractivity contribution in [3.05, 3.63) is 36.0 Å². The highest BCUT2D eigenvalue weighted by Crippen LogP contribution is 2.35. The Morgan fingerprint density at radius 1 is 1.24 bits per heavy atom. The lowest BCUT2D eigenvalue weighted by Gasteiger charge is -2.36. The molecule has 1 saturated carbocycles. The van der Waals surface area contributed by atoms with Crippen LogP contribution in [-0.2, 0) is 5.54 Å². The third-order valence-corrected chi connectivity index (χ3v) is 3.98. The van der Waals surface area contributed by atoms with Gasteiger partial charge in [0.25, 0.3) is 0 Å². The van der Waals surface area contributed by atoms with E-state index in [1.54, 1.807) is 0 Å². The molecule has 0 aliphatic heterocycles. The summed E-state index contributed by atoms with van der Waals surface area (Å²) in [6, 6.07) is 8.43. The maximum absolute atomic E-state index is 9.57. The molecule has 3 nitrogen and oxygen atoms in total. The van der Waals surface area contributed by atoms with Crippen molar-refractivity contribution < 1.29 is 5.11 Å². The maximum atomic E-state index is 9.57. The minimum Gasteiger partial charge on any atom is -0.393 e. The molecule has 0 radical (unpaired) electrons. The van der Waals surface area contributed by atoms with Gasteiger partial charge in [-0.05, 0) is 54.8 Å². The maximum Gasteiger partial charge on any atom is 0.0541 e. The largest absolute Gasteiger partial charge is 0.393 e. The van der Waals surface area contributed by atoms with Crippen molar-refractivity contribution in [2.24, 2.45) is 5.73 Å². The summed E-state index contributed by atoms with van der Waals surface area (Å²) in [5.74, 6) is 0. The zero-order chi connectivity index (χ0) is 11.9. The van der Waals surface area contributed by atoms with E-state index < -0.39 is 0 Å². The van der Waals surface area contributed by atoms with Gasteiger partial charge >= 0.3 is 0 Å². The van der Waals surface area contributed by atoms with E-state index in [1.165, 1.54) is 10.9 Å². The first-order chi connectivity index (χ1) is 8.17. The number of aliphatic hydroxyl groups excluding tert-OH is 1. The molecule has 17 heavy (non-hydrogen) atoms. The second kappa shape index (κ2) is 3.86. The highest BCUT2D eigenvalue weighted by molar-refractivity contribution is 5.80. The lowest BCUT2D eigenvalue weighted by molar-refractivity contribution is 0.0969. The third kappa shape index (κ3) is 1.85. The van der Waals surface area contributed by atoms with Crippen LogP contribution in [0.3, 0.4) is 0 Å². The molecule has 3 heteroatoms. The van der Waals surface area contributed by atoms with E-state index in [4.69, 9.17) is 5.73 Å². The van der Waals surface area contributed by atoms with Crippen LogP contribution in [0.4, 0.5) is 0 Å². The van der Waals surface area contributed by atoms with E-state index in [1.807, 2.05) is 6.20 Å². The minimum absolute atomic E-state index is 0.164. The molecule has 1 aromatic heterocycles. The van der Waals surface area contributed by atoms with Gasteiger partial charge in [0.1, 0.15) is 0 Å². The fourth-order valence-electron chi connectivity index (χ4n) is 2.77. The summed E-state index contributed by atoms with van der Waals surface area (Å²) in [5.41, 5.74) is 8.56. The van der Waals surface area contributed by atoms with Crippen molar-refractivity contribution in [3.63, 3.8) is 0 Å². The second-order valence-electron chi connectivity index (χ2n) is 5.17. The summed E-state index contributed by atoms with van der Waals surface area (Å²) in [7, 11) is 0. The first-order valence-electron chi connectivity index (χ1n) is 6.22. The predicted molar refractivity (Wildman–Crippen MR) is 68.6 cm³/mol. The second-order valence-corrected chi connectivity index (χ2v) is 5.17. The van der Waals surface area contributed by atoms with Crippen LogP contribution < -0.4 is 5.73 Å². The van der Waals surface area contributed by atoms with Gasteiger partial charge in [-0.15, -0.1) is 0 Å². The normalized spacial score (nSPS) is 29.6. The quantitative estimate of drug-likeness (QED) is 0.703. The number of hydrogen-bond donors (Lipinski definition) is 3. The molecule has 0 spiro atoms. The van der Waals surface area contributed by atoms with Gasteiger partial charge in [0.2, 0.25) is 0 Å². The smallest absolute Gasteiger partial charge is 0.0541 e. The zero-order valence-corrected chi connectivity index (χ0v) is 9.82. The highest BCUT2D eigenvalue weighted by atomic mass is 16.3. The Bertz CT molecular complexity index is 524. The average Bonchev–Trinajstić information content (AvgIpc) is 2.80. The number of aromatic nitrogens is 1. The van der Waals surface area contributed by atoms with Crippen LogP contribution in [0.2, 0.25) is 0 Å². The number of fused-ring (bicyclic) bond motifs is 1. The van der Waals surface area contributed by atoms with Crippen molar-refractivity contribution in [3.8, 4) is 0 Å². The first kappa shape index (κ1) is 10.8. The number of rotatable bonds is 1. The fraction of sp³-hybridized carbons (Fsp3) is 0.429. The molecule has 0 unspecified atom stereocenters. The minimum atomic E-state index is -0.259. The van der Waals surface area contributed by atoms with Crippen LogP contribution in [0, 0.1) is 0 Å². The van der Waals surface area contributed by atoms with Crippen molar-refractivity contribution in [1.82, 2.24) is 4.98 Å². The SMILES string of the molecule is NC1(c2ccc3[nH]ccc3c2)CCC(O)CC1.